The van der Waals surface area contributed by atoms with Gasteiger partial charge in [0.2, 0.25) is 0 Å². The van der Waals surface area contributed by atoms with E-state index in [1.54, 1.807) is 0 Å². The minimum atomic E-state index is 0. The molecule has 5 nitrogen and oxygen atoms in total. The predicted octanol–water partition coefficient (Wildman–Crippen LogP) is 3.94. The zero-order chi connectivity index (χ0) is 17.0. The van der Waals surface area contributed by atoms with Crippen molar-refractivity contribution in [3.8, 4) is 0 Å². The Labute approximate surface area is 170 Å². The van der Waals surface area contributed by atoms with Gasteiger partial charge in [-0.3, -0.25) is 0 Å². The predicted molar refractivity (Wildman–Crippen MR) is 118 cm³/mol. The first kappa shape index (κ1) is 22.0. The lowest BCUT2D eigenvalue weighted by atomic mass is 10.2. The highest BCUT2D eigenvalue weighted by Crippen LogP contribution is 2.17. The van der Waals surface area contributed by atoms with Gasteiger partial charge in [0.05, 0.1) is 6.54 Å². The summed E-state index contributed by atoms with van der Waals surface area (Å²) in [5, 5.41) is 6.73. The van der Waals surface area contributed by atoms with E-state index < -0.39 is 0 Å². The highest BCUT2D eigenvalue weighted by Gasteiger charge is 2.12. The number of rotatable bonds is 9. The normalized spacial score (nSPS) is 14.3. The maximum absolute atomic E-state index is 4.67. The van der Waals surface area contributed by atoms with E-state index in [1.165, 1.54) is 38.5 Å². The van der Waals surface area contributed by atoms with E-state index >= 15 is 0 Å². The summed E-state index contributed by atoms with van der Waals surface area (Å²) in [5.74, 6) is 2.00. The summed E-state index contributed by atoms with van der Waals surface area (Å²) >= 11 is 0. The Bertz CT molecular complexity index is 483. The SMILES string of the molecule is CCCCCCNC(=NCc1ccc(N2CCCC2)nc1)NCC.I. The van der Waals surface area contributed by atoms with Gasteiger partial charge >= 0.3 is 0 Å². The molecule has 6 heteroatoms. The average Bonchev–Trinajstić information content (AvgIpc) is 3.14. The van der Waals surface area contributed by atoms with E-state index in [4.69, 9.17) is 0 Å². The maximum atomic E-state index is 4.67. The van der Waals surface area contributed by atoms with E-state index in [0.717, 1.165) is 43.5 Å². The summed E-state index contributed by atoms with van der Waals surface area (Å²) in [6.07, 6.45) is 9.59. The number of aliphatic imine (C=N–C) groups is 1. The Morgan fingerprint density at radius 2 is 1.92 bits per heavy atom. The van der Waals surface area contributed by atoms with Crippen molar-refractivity contribution < 1.29 is 0 Å². The highest BCUT2D eigenvalue weighted by atomic mass is 127. The molecule has 1 aliphatic heterocycles. The number of nitrogens with one attached hydrogen (secondary N) is 2. The first-order chi connectivity index (χ1) is 11.8. The molecule has 2 N–H and O–H groups in total. The molecule has 2 heterocycles. The molecule has 142 valence electrons. The van der Waals surface area contributed by atoms with Crippen LogP contribution >= 0.6 is 24.0 Å². The summed E-state index contributed by atoms with van der Waals surface area (Å²) < 4.78 is 0. The van der Waals surface area contributed by atoms with Crippen LogP contribution in [0.5, 0.6) is 0 Å². The van der Waals surface area contributed by atoms with Crippen LogP contribution < -0.4 is 15.5 Å². The van der Waals surface area contributed by atoms with Gasteiger partial charge in [0.25, 0.3) is 0 Å². The molecule has 0 aromatic carbocycles. The van der Waals surface area contributed by atoms with Crippen LogP contribution in [0.15, 0.2) is 23.3 Å². The number of guanidine groups is 1. The molecule has 0 unspecified atom stereocenters. The van der Waals surface area contributed by atoms with Crippen LogP contribution in [0.3, 0.4) is 0 Å². The fourth-order valence-electron chi connectivity index (χ4n) is 2.91. The van der Waals surface area contributed by atoms with Gasteiger partial charge in [-0.25, -0.2) is 9.98 Å². The number of anilines is 1. The van der Waals surface area contributed by atoms with Crippen molar-refractivity contribution >= 4 is 35.8 Å². The lowest BCUT2D eigenvalue weighted by Crippen LogP contribution is -2.37. The zero-order valence-electron chi connectivity index (χ0n) is 15.8. The third-order valence-corrected chi connectivity index (χ3v) is 4.33. The van der Waals surface area contributed by atoms with Gasteiger partial charge in [-0.1, -0.05) is 32.3 Å². The van der Waals surface area contributed by atoms with Crippen molar-refractivity contribution in [3.63, 3.8) is 0 Å². The lowest BCUT2D eigenvalue weighted by Gasteiger charge is -2.16. The number of hydrogen-bond acceptors (Lipinski definition) is 3. The third-order valence-electron chi connectivity index (χ3n) is 4.33. The van der Waals surface area contributed by atoms with E-state index in [9.17, 15) is 0 Å². The molecule has 0 radical (unpaired) electrons. The van der Waals surface area contributed by atoms with Crippen molar-refractivity contribution in [1.82, 2.24) is 15.6 Å². The summed E-state index contributed by atoms with van der Waals surface area (Å²) in [7, 11) is 0. The van der Waals surface area contributed by atoms with E-state index in [-0.39, 0.29) is 24.0 Å². The second-order valence-corrected chi connectivity index (χ2v) is 6.40. The molecule has 0 aliphatic carbocycles. The minimum Gasteiger partial charge on any atom is -0.357 e. The van der Waals surface area contributed by atoms with Crippen LogP contribution in [0.2, 0.25) is 0 Å². The van der Waals surface area contributed by atoms with Crippen LogP contribution in [0.1, 0.15) is 57.9 Å². The Hall–Kier alpha value is -1.05. The lowest BCUT2D eigenvalue weighted by molar-refractivity contribution is 0.647. The molecule has 0 spiro atoms. The second-order valence-electron chi connectivity index (χ2n) is 6.40. The van der Waals surface area contributed by atoms with Crippen LogP contribution in [0.25, 0.3) is 0 Å². The number of nitrogens with zero attached hydrogens (tertiary/aromatic N) is 3. The number of hydrogen-bond donors (Lipinski definition) is 2. The van der Waals surface area contributed by atoms with Gasteiger partial charge in [0.15, 0.2) is 5.96 Å². The summed E-state index contributed by atoms with van der Waals surface area (Å²) in [6, 6.07) is 4.27. The molecule has 0 saturated carbocycles. The third kappa shape index (κ3) is 8.25. The smallest absolute Gasteiger partial charge is 0.191 e. The molecule has 25 heavy (non-hydrogen) atoms. The molecule has 0 bridgehead atoms. The number of aromatic nitrogens is 1. The number of unbranched alkanes of at least 4 members (excludes halogenated alkanes) is 3. The Kier molecular flexibility index (Phi) is 11.6. The molecule has 1 aliphatic rings. The van der Waals surface area contributed by atoms with Crippen molar-refractivity contribution in [2.24, 2.45) is 4.99 Å². The number of halogens is 1. The van der Waals surface area contributed by atoms with Gasteiger partial charge in [0.1, 0.15) is 5.82 Å². The molecule has 0 amide bonds. The largest absolute Gasteiger partial charge is 0.357 e. The quantitative estimate of drug-likeness (QED) is 0.254. The standard InChI is InChI=1S/C19H33N5.HI/c1-3-5-6-7-12-21-19(20-4-2)23-16-17-10-11-18(22-15-17)24-13-8-9-14-24;/h10-11,15H,3-9,12-14,16H2,1-2H3,(H2,20,21,23);1H. The van der Waals surface area contributed by atoms with Gasteiger partial charge < -0.3 is 15.5 Å². The Balaban J connectivity index is 0.00000312. The fraction of sp³-hybridized carbons (Fsp3) is 0.684. The van der Waals surface area contributed by atoms with Gasteiger partial charge in [-0.2, -0.15) is 0 Å². The molecule has 1 fully saturated rings. The van der Waals surface area contributed by atoms with Crippen LogP contribution in [0, 0.1) is 0 Å². The van der Waals surface area contributed by atoms with Crippen molar-refractivity contribution in [2.75, 3.05) is 31.1 Å². The monoisotopic (exact) mass is 459 g/mol. The maximum Gasteiger partial charge on any atom is 0.191 e. The fourth-order valence-corrected chi connectivity index (χ4v) is 2.91. The average molecular weight is 459 g/mol. The summed E-state index contributed by atoms with van der Waals surface area (Å²) in [6.45, 7) is 9.14. The first-order valence-corrected chi connectivity index (χ1v) is 9.55. The first-order valence-electron chi connectivity index (χ1n) is 9.55. The van der Waals surface area contributed by atoms with Crippen molar-refractivity contribution in [2.45, 2.75) is 58.9 Å². The molecular weight excluding hydrogens is 425 g/mol. The van der Waals surface area contributed by atoms with E-state index in [2.05, 4.69) is 51.5 Å². The van der Waals surface area contributed by atoms with Gasteiger partial charge in [-0.15, -0.1) is 24.0 Å². The van der Waals surface area contributed by atoms with Crippen LogP contribution in [-0.2, 0) is 6.54 Å². The molecule has 1 saturated heterocycles. The summed E-state index contributed by atoms with van der Waals surface area (Å²) in [4.78, 5) is 11.6. The molecule has 2 rings (SSSR count). The van der Waals surface area contributed by atoms with Crippen LogP contribution in [-0.4, -0.2) is 37.1 Å². The van der Waals surface area contributed by atoms with Gasteiger partial charge in [-0.05, 0) is 37.8 Å². The van der Waals surface area contributed by atoms with E-state index in [1.807, 2.05) is 6.20 Å². The number of pyridine rings is 1. The molecular formula is C19H34IN5. The van der Waals surface area contributed by atoms with Crippen LogP contribution in [0.4, 0.5) is 5.82 Å². The topological polar surface area (TPSA) is 52.6 Å². The molecule has 1 aromatic rings. The molecule has 1 aromatic heterocycles. The van der Waals surface area contributed by atoms with E-state index in [0.29, 0.717) is 6.54 Å². The molecule has 0 atom stereocenters. The zero-order valence-corrected chi connectivity index (χ0v) is 18.1. The Morgan fingerprint density at radius 3 is 2.56 bits per heavy atom. The Morgan fingerprint density at radius 1 is 1.12 bits per heavy atom. The van der Waals surface area contributed by atoms with Gasteiger partial charge in [0, 0.05) is 32.4 Å². The highest BCUT2D eigenvalue weighted by molar-refractivity contribution is 14.0. The van der Waals surface area contributed by atoms with Crippen molar-refractivity contribution in [1.29, 1.82) is 0 Å². The second kappa shape index (κ2) is 13.2. The van der Waals surface area contributed by atoms with Crippen molar-refractivity contribution in [3.05, 3.63) is 23.9 Å². The minimum absolute atomic E-state index is 0. The summed E-state index contributed by atoms with van der Waals surface area (Å²) in [5.41, 5.74) is 1.15.